The molecule has 0 rings (SSSR count). The van der Waals surface area contributed by atoms with Crippen LogP contribution in [0, 0.1) is 0 Å². The first-order chi connectivity index (χ1) is 6.89. The van der Waals surface area contributed by atoms with Crippen molar-refractivity contribution in [3.05, 3.63) is 0 Å². The van der Waals surface area contributed by atoms with E-state index in [4.69, 9.17) is 0 Å². The minimum atomic E-state index is -3.23. The van der Waals surface area contributed by atoms with Crippen LogP contribution in [0.25, 0.3) is 0 Å². The lowest BCUT2D eigenvalue weighted by molar-refractivity contribution is 0.577. The second-order valence-corrected chi connectivity index (χ2v) is 7.06. The summed E-state index contributed by atoms with van der Waals surface area (Å²) in [7, 11) is -4.22. The number of sulfonamides is 1. The van der Waals surface area contributed by atoms with Gasteiger partial charge in [-0.25, -0.2) is 13.1 Å². The van der Waals surface area contributed by atoms with Gasteiger partial charge in [-0.2, -0.15) is 0 Å². The molecule has 0 spiro atoms. The Kier molecular flexibility index (Phi) is 7.33. The predicted molar refractivity (Wildman–Crippen MR) is 63.9 cm³/mol. The van der Waals surface area contributed by atoms with Crippen molar-refractivity contribution >= 4 is 20.8 Å². The zero-order valence-corrected chi connectivity index (χ0v) is 11.1. The molecule has 0 saturated heterocycles. The monoisotopic (exact) mass is 256 g/mol. The molecule has 0 aliphatic carbocycles. The van der Waals surface area contributed by atoms with Crippen LogP contribution in [-0.4, -0.2) is 49.5 Å². The summed E-state index contributed by atoms with van der Waals surface area (Å²) < 4.78 is 36.2. The van der Waals surface area contributed by atoms with Crippen LogP contribution in [-0.2, 0) is 20.8 Å². The van der Waals surface area contributed by atoms with Crippen LogP contribution in [0.1, 0.15) is 13.8 Å². The van der Waals surface area contributed by atoms with Gasteiger partial charge < -0.3 is 5.32 Å². The number of hydrogen-bond acceptors (Lipinski definition) is 4. The molecule has 2 N–H and O–H groups in total. The van der Waals surface area contributed by atoms with Crippen LogP contribution >= 0.6 is 0 Å². The largest absolute Gasteiger partial charge is 0.316 e. The average molecular weight is 256 g/mol. The molecule has 92 valence electrons. The van der Waals surface area contributed by atoms with Gasteiger partial charge in [0.15, 0.2) is 0 Å². The molecule has 0 heterocycles. The molecular weight excluding hydrogens is 236 g/mol. The molecule has 0 aromatic carbocycles. The molecule has 0 aliphatic heterocycles. The summed E-state index contributed by atoms with van der Waals surface area (Å²) in [5.41, 5.74) is 0. The molecule has 7 heteroatoms. The maximum atomic E-state index is 11.4. The van der Waals surface area contributed by atoms with Gasteiger partial charge in [0.05, 0.1) is 5.75 Å². The summed E-state index contributed by atoms with van der Waals surface area (Å²) in [5, 5.41) is 2.78. The van der Waals surface area contributed by atoms with Crippen LogP contribution in [0.2, 0.25) is 0 Å². The van der Waals surface area contributed by atoms with Gasteiger partial charge in [-0.05, 0) is 13.5 Å². The molecule has 2 atom stereocenters. The zero-order chi connectivity index (χ0) is 11.9. The molecule has 2 unspecified atom stereocenters. The van der Waals surface area contributed by atoms with Crippen LogP contribution in [0.4, 0.5) is 0 Å². The van der Waals surface area contributed by atoms with Crippen LogP contribution in [0.5, 0.6) is 0 Å². The first kappa shape index (κ1) is 15.0. The molecular formula is C8H20N2O3S2. The predicted octanol–water partition coefficient (Wildman–Crippen LogP) is -0.718. The van der Waals surface area contributed by atoms with Gasteiger partial charge in [-0.3, -0.25) is 4.21 Å². The van der Waals surface area contributed by atoms with Crippen molar-refractivity contribution in [1.29, 1.82) is 0 Å². The van der Waals surface area contributed by atoms with E-state index in [1.165, 1.54) is 0 Å². The van der Waals surface area contributed by atoms with Gasteiger partial charge in [-0.1, -0.05) is 6.92 Å². The second-order valence-electron chi connectivity index (χ2n) is 3.33. The summed E-state index contributed by atoms with van der Waals surface area (Å²) in [6, 6.07) is 0. The van der Waals surface area contributed by atoms with Crippen LogP contribution in [0.3, 0.4) is 0 Å². The average Bonchev–Trinajstić information content (AvgIpc) is 2.14. The fourth-order valence-electron chi connectivity index (χ4n) is 0.817. The highest BCUT2D eigenvalue weighted by atomic mass is 32.2. The fourth-order valence-corrected chi connectivity index (χ4v) is 2.30. The maximum absolute atomic E-state index is 11.4. The van der Waals surface area contributed by atoms with Crippen molar-refractivity contribution in [3.63, 3.8) is 0 Å². The lowest BCUT2D eigenvalue weighted by atomic mass is 10.5. The van der Waals surface area contributed by atoms with E-state index in [1.807, 2.05) is 6.92 Å². The summed E-state index contributed by atoms with van der Waals surface area (Å²) in [4.78, 5) is 0. The van der Waals surface area contributed by atoms with E-state index in [2.05, 4.69) is 10.0 Å². The van der Waals surface area contributed by atoms with E-state index in [9.17, 15) is 12.6 Å². The Morgan fingerprint density at radius 3 is 2.47 bits per heavy atom. The van der Waals surface area contributed by atoms with Crippen molar-refractivity contribution in [2.24, 2.45) is 0 Å². The SMILES string of the molecule is CCNCCS(=O)(=O)NCC(C)S(C)=O. The molecule has 0 aromatic heterocycles. The third-order valence-corrected chi connectivity index (χ3v) is 4.60. The van der Waals surface area contributed by atoms with Gasteiger partial charge in [0, 0.05) is 35.4 Å². The first-order valence-corrected chi connectivity index (χ1v) is 8.16. The molecule has 0 fully saturated rings. The molecule has 0 aromatic rings. The van der Waals surface area contributed by atoms with E-state index in [1.54, 1.807) is 13.2 Å². The first-order valence-electron chi connectivity index (χ1n) is 4.89. The van der Waals surface area contributed by atoms with Gasteiger partial charge in [-0.15, -0.1) is 0 Å². The summed E-state index contributed by atoms with van der Waals surface area (Å²) in [6.45, 7) is 5.10. The van der Waals surface area contributed by atoms with Crippen molar-refractivity contribution < 1.29 is 12.6 Å². The Bertz CT molecular complexity index is 290. The Hall–Kier alpha value is 0.0200. The third kappa shape index (κ3) is 7.89. The van der Waals surface area contributed by atoms with Gasteiger partial charge in [0.25, 0.3) is 0 Å². The van der Waals surface area contributed by atoms with Crippen LogP contribution in [0.15, 0.2) is 0 Å². The quantitative estimate of drug-likeness (QED) is 0.562. The summed E-state index contributed by atoms with van der Waals surface area (Å²) >= 11 is 0. The smallest absolute Gasteiger partial charge is 0.212 e. The zero-order valence-electron chi connectivity index (χ0n) is 9.45. The lowest BCUT2D eigenvalue weighted by Crippen LogP contribution is -2.36. The normalized spacial score (nSPS) is 16.2. The molecule has 0 radical (unpaired) electrons. The van der Waals surface area contributed by atoms with Gasteiger partial charge in [0.1, 0.15) is 0 Å². The highest BCUT2D eigenvalue weighted by Crippen LogP contribution is 1.92. The van der Waals surface area contributed by atoms with Crippen LogP contribution < -0.4 is 10.0 Å². The summed E-state index contributed by atoms with van der Waals surface area (Å²) in [5.74, 6) is 0.0594. The molecule has 0 aliphatic rings. The molecule has 0 amide bonds. The number of hydrogen-bond donors (Lipinski definition) is 2. The van der Waals surface area contributed by atoms with Crippen molar-refractivity contribution in [3.8, 4) is 0 Å². The number of nitrogens with one attached hydrogen (secondary N) is 2. The molecule has 15 heavy (non-hydrogen) atoms. The van der Waals surface area contributed by atoms with E-state index >= 15 is 0 Å². The Balaban J connectivity index is 3.89. The standard InChI is InChI=1S/C8H20N2O3S2/c1-4-9-5-6-15(12,13)10-7-8(2)14(3)11/h8-10H,4-7H2,1-3H3. The van der Waals surface area contributed by atoms with E-state index < -0.39 is 20.8 Å². The van der Waals surface area contributed by atoms with Gasteiger partial charge >= 0.3 is 0 Å². The van der Waals surface area contributed by atoms with Gasteiger partial charge in [0.2, 0.25) is 10.0 Å². The Labute approximate surface area is 94.5 Å². The van der Waals surface area contributed by atoms with Crippen molar-refractivity contribution in [1.82, 2.24) is 10.0 Å². The third-order valence-electron chi connectivity index (χ3n) is 1.95. The minimum Gasteiger partial charge on any atom is -0.316 e. The highest BCUT2D eigenvalue weighted by Gasteiger charge is 2.13. The van der Waals surface area contributed by atoms with E-state index in [-0.39, 0.29) is 17.5 Å². The highest BCUT2D eigenvalue weighted by molar-refractivity contribution is 7.89. The topological polar surface area (TPSA) is 75.3 Å². The Morgan fingerprint density at radius 1 is 1.40 bits per heavy atom. The van der Waals surface area contributed by atoms with E-state index in [0.717, 1.165) is 6.54 Å². The minimum absolute atomic E-state index is 0.0594. The lowest BCUT2D eigenvalue weighted by Gasteiger charge is -2.10. The molecule has 0 bridgehead atoms. The Morgan fingerprint density at radius 2 is 2.00 bits per heavy atom. The number of rotatable bonds is 8. The fraction of sp³-hybridized carbons (Fsp3) is 1.00. The molecule has 0 saturated carbocycles. The van der Waals surface area contributed by atoms with Crippen molar-refractivity contribution in [2.45, 2.75) is 19.1 Å². The molecule has 5 nitrogen and oxygen atoms in total. The van der Waals surface area contributed by atoms with Crippen molar-refractivity contribution in [2.75, 3.05) is 31.6 Å². The second kappa shape index (κ2) is 7.32. The van der Waals surface area contributed by atoms with E-state index in [0.29, 0.717) is 6.54 Å². The maximum Gasteiger partial charge on any atom is 0.212 e. The summed E-state index contributed by atoms with van der Waals surface area (Å²) in [6.07, 6.45) is 1.57.